The number of likely N-dealkylation sites (tertiary alicyclic amines) is 1. The van der Waals surface area contributed by atoms with Crippen LogP contribution in [0, 0.1) is 6.92 Å². The van der Waals surface area contributed by atoms with Gasteiger partial charge in [0.25, 0.3) is 0 Å². The highest BCUT2D eigenvalue weighted by Gasteiger charge is 2.30. The molecular formula is C17H20N2O. The number of aryl methyl sites for hydroxylation is 1. The second-order valence-corrected chi connectivity index (χ2v) is 5.04. The van der Waals surface area contributed by atoms with E-state index in [2.05, 4.69) is 24.0 Å². The molecule has 2 heterocycles. The third kappa shape index (κ3) is 3.67. The number of aromatic nitrogens is 1. The van der Waals surface area contributed by atoms with Crippen LogP contribution < -0.4 is 0 Å². The van der Waals surface area contributed by atoms with Gasteiger partial charge in [-0.05, 0) is 25.0 Å². The predicted molar refractivity (Wildman–Crippen MR) is 80.4 cm³/mol. The number of carbonyl (C=O) groups excluding carboxylic acids is 1. The summed E-state index contributed by atoms with van der Waals surface area (Å²) in [5, 5.41) is 0. The van der Waals surface area contributed by atoms with Crippen LogP contribution in [0.5, 0.6) is 0 Å². The molecule has 1 aromatic heterocycles. The minimum absolute atomic E-state index is 0.0405. The first-order valence-corrected chi connectivity index (χ1v) is 6.85. The average molecular weight is 268 g/mol. The van der Waals surface area contributed by atoms with Crippen LogP contribution >= 0.6 is 0 Å². The molecule has 1 aromatic carbocycles. The topological polar surface area (TPSA) is 33.2 Å². The van der Waals surface area contributed by atoms with Crippen molar-refractivity contribution in [1.29, 1.82) is 0 Å². The normalized spacial score (nSPS) is 17.6. The molecule has 20 heavy (non-hydrogen) atoms. The molecule has 3 nitrogen and oxygen atoms in total. The second-order valence-electron chi connectivity index (χ2n) is 5.04. The third-order valence-electron chi connectivity index (χ3n) is 3.45. The number of hydrogen-bond donors (Lipinski definition) is 0. The van der Waals surface area contributed by atoms with E-state index in [4.69, 9.17) is 0 Å². The number of carbonyl (C=O) groups is 1. The van der Waals surface area contributed by atoms with Gasteiger partial charge in [-0.25, -0.2) is 0 Å². The van der Waals surface area contributed by atoms with Gasteiger partial charge in [0, 0.05) is 26.0 Å². The van der Waals surface area contributed by atoms with Crippen LogP contribution in [0.1, 0.15) is 23.5 Å². The molecule has 1 amide bonds. The minimum atomic E-state index is 0.0405. The summed E-state index contributed by atoms with van der Waals surface area (Å²) in [5.41, 5.74) is 2.36. The molecule has 0 spiro atoms. The summed E-state index contributed by atoms with van der Waals surface area (Å²) in [6.07, 6.45) is 4.43. The van der Waals surface area contributed by atoms with Gasteiger partial charge in [-0.2, -0.15) is 0 Å². The van der Waals surface area contributed by atoms with E-state index in [0.29, 0.717) is 0 Å². The molecule has 0 radical (unpaired) electrons. The summed E-state index contributed by atoms with van der Waals surface area (Å²) in [5.74, 6) is 0.256. The van der Waals surface area contributed by atoms with Gasteiger partial charge >= 0.3 is 0 Å². The zero-order chi connectivity index (χ0) is 14.4. The molecule has 0 saturated carbocycles. The van der Waals surface area contributed by atoms with Crippen molar-refractivity contribution in [1.82, 2.24) is 9.88 Å². The highest BCUT2D eigenvalue weighted by molar-refractivity contribution is 5.85. The van der Waals surface area contributed by atoms with E-state index in [1.165, 1.54) is 5.56 Å². The zero-order valence-corrected chi connectivity index (χ0v) is 12.0. The Morgan fingerprint density at radius 1 is 1.15 bits per heavy atom. The van der Waals surface area contributed by atoms with E-state index in [-0.39, 0.29) is 11.8 Å². The van der Waals surface area contributed by atoms with Crippen molar-refractivity contribution < 1.29 is 4.79 Å². The third-order valence-corrected chi connectivity index (χ3v) is 3.45. The molecule has 2 aromatic rings. The molecule has 3 heteroatoms. The summed E-state index contributed by atoms with van der Waals surface area (Å²) >= 11 is 0. The SMILES string of the molecule is CN1CCC(c2cccnc2)C1=O.Cc1ccccc1. The van der Waals surface area contributed by atoms with Crippen LogP contribution in [0.25, 0.3) is 0 Å². The number of rotatable bonds is 1. The lowest BCUT2D eigenvalue weighted by molar-refractivity contribution is -0.127. The van der Waals surface area contributed by atoms with Crippen molar-refractivity contribution in [3.63, 3.8) is 0 Å². The first kappa shape index (κ1) is 14.3. The van der Waals surface area contributed by atoms with Gasteiger partial charge in [0.15, 0.2) is 0 Å². The predicted octanol–water partition coefficient (Wildman–Crippen LogP) is 3.02. The molecule has 1 unspecified atom stereocenters. The summed E-state index contributed by atoms with van der Waals surface area (Å²) in [4.78, 5) is 17.4. The Morgan fingerprint density at radius 2 is 1.90 bits per heavy atom. The highest BCUT2D eigenvalue weighted by Crippen LogP contribution is 2.26. The largest absolute Gasteiger partial charge is 0.345 e. The van der Waals surface area contributed by atoms with Crippen molar-refractivity contribution >= 4 is 5.91 Å². The Hall–Kier alpha value is -2.16. The first-order valence-electron chi connectivity index (χ1n) is 6.85. The van der Waals surface area contributed by atoms with E-state index in [1.54, 1.807) is 17.3 Å². The lowest BCUT2D eigenvalue weighted by atomic mass is 10.00. The Morgan fingerprint density at radius 3 is 2.35 bits per heavy atom. The molecule has 1 aliphatic heterocycles. The molecule has 0 N–H and O–H groups in total. The standard InChI is InChI=1S/C10H12N2O.C7H8/c1-12-6-4-9(10(12)13)8-3-2-5-11-7-8;1-7-5-3-2-4-6-7/h2-3,5,7,9H,4,6H2,1H3;2-6H,1H3. The number of likely N-dealkylation sites (N-methyl/N-ethyl adjacent to an activating group) is 1. The number of amides is 1. The number of hydrogen-bond acceptors (Lipinski definition) is 2. The maximum atomic E-state index is 11.6. The maximum absolute atomic E-state index is 11.6. The van der Waals surface area contributed by atoms with E-state index in [1.807, 2.05) is 37.4 Å². The second kappa shape index (κ2) is 6.85. The molecule has 3 rings (SSSR count). The summed E-state index contributed by atoms with van der Waals surface area (Å²) in [6, 6.07) is 14.1. The molecule has 104 valence electrons. The van der Waals surface area contributed by atoms with E-state index in [9.17, 15) is 4.79 Å². The average Bonchev–Trinajstić information content (AvgIpc) is 2.81. The monoisotopic (exact) mass is 268 g/mol. The van der Waals surface area contributed by atoms with Gasteiger partial charge < -0.3 is 4.90 Å². The smallest absolute Gasteiger partial charge is 0.229 e. The summed E-state index contributed by atoms with van der Waals surface area (Å²) < 4.78 is 0. The number of nitrogens with zero attached hydrogens (tertiary/aromatic N) is 2. The van der Waals surface area contributed by atoms with Gasteiger partial charge in [0.05, 0.1) is 5.92 Å². The van der Waals surface area contributed by atoms with Crippen LogP contribution in [-0.2, 0) is 4.79 Å². The Labute approximate surface area is 120 Å². The van der Waals surface area contributed by atoms with Crippen molar-refractivity contribution in [2.45, 2.75) is 19.3 Å². The van der Waals surface area contributed by atoms with Crippen molar-refractivity contribution in [3.8, 4) is 0 Å². The highest BCUT2D eigenvalue weighted by atomic mass is 16.2. The first-order chi connectivity index (χ1) is 9.68. The van der Waals surface area contributed by atoms with Crippen LogP contribution in [0.4, 0.5) is 0 Å². The zero-order valence-electron chi connectivity index (χ0n) is 12.0. The van der Waals surface area contributed by atoms with Crippen molar-refractivity contribution in [3.05, 3.63) is 66.0 Å². The lowest BCUT2D eigenvalue weighted by Crippen LogP contribution is -2.21. The van der Waals surface area contributed by atoms with Gasteiger partial charge in [-0.3, -0.25) is 9.78 Å². The van der Waals surface area contributed by atoms with Crippen LogP contribution in [-0.4, -0.2) is 29.4 Å². The number of benzene rings is 1. The van der Waals surface area contributed by atoms with Gasteiger partial charge in [0.1, 0.15) is 0 Å². The summed E-state index contributed by atoms with van der Waals surface area (Å²) in [7, 11) is 1.85. The Balaban J connectivity index is 0.000000178. The quantitative estimate of drug-likeness (QED) is 0.796. The molecule has 1 fully saturated rings. The lowest BCUT2D eigenvalue weighted by Gasteiger charge is -2.09. The Kier molecular flexibility index (Phi) is 4.88. The van der Waals surface area contributed by atoms with Crippen LogP contribution in [0.15, 0.2) is 54.9 Å². The fraction of sp³-hybridized carbons (Fsp3) is 0.294. The minimum Gasteiger partial charge on any atom is -0.345 e. The van der Waals surface area contributed by atoms with Crippen LogP contribution in [0.3, 0.4) is 0 Å². The molecule has 1 saturated heterocycles. The fourth-order valence-electron chi connectivity index (χ4n) is 2.25. The van der Waals surface area contributed by atoms with E-state index < -0.39 is 0 Å². The summed E-state index contributed by atoms with van der Waals surface area (Å²) in [6.45, 7) is 2.94. The molecule has 0 aliphatic carbocycles. The Bertz CT molecular complexity index is 539. The van der Waals surface area contributed by atoms with E-state index >= 15 is 0 Å². The maximum Gasteiger partial charge on any atom is 0.229 e. The molecular weight excluding hydrogens is 248 g/mol. The van der Waals surface area contributed by atoms with Gasteiger partial charge in [0.2, 0.25) is 5.91 Å². The van der Waals surface area contributed by atoms with E-state index in [0.717, 1.165) is 18.5 Å². The fourth-order valence-corrected chi connectivity index (χ4v) is 2.25. The number of pyridine rings is 1. The van der Waals surface area contributed by atoms with Crippen molar-refractivity contribution in [2.24, 2.45) is 0 Å². The van der Waals surface area contributed by atoms with Crippen LogP contribution in [0.2, 0.25) is 0 Å². The molecule has 0 bridgehead atoms. The van der Waals surface area contributed by atoms with Gasteiger partial charge in [-0.15, -0.1) is 0 Å². The molecule has 1 atom stereocenters. The molecule has 1 aliphatic rings. The van der Waals surface area contributed by atoms with Crippen molar-refractivity contribution in [2.75, 3.05) is 13.6 Å². The van der Waals surface area contributed by atoms with Gasteiger partial charge in [-0.1, -0.05) is 42.0 Å².